The number of aromatic nitrogens is 1. The number of aryl methyl sites for hydroxylation is 1. The summed E-state index contributed by atoms with van der Waals surface area (Å²) in [5.41, 5.74) is 1.38. The van der Waals surface area contributed by atoms with Crippen LogP contribution in [-0.4, -0.2) is 16.4 Å². The Morgan fingerprint density at radius 1 is 1.12 bits per heavy atom. The molecule has 0 aliphatic rings. The normalized spacial score (nSPS) is 10.4. The lowest BCUT2D eigenvalue weighted by atomic mass is 10.2. The molecule has 0 saturated carbocycles. The summed E-state index contributed by atoms with van der Waals surface area (Å²) < 4.78 is 2.26. The van der Waals surface area contributed by atoms with Gasteiger partial charge in [-0.15, -0.1) is 0 Å². The zero-order valence-corrected chi connectivity index (χ0v) is 15.7. The summed E-state index contributed by atoms with van der Waals surface area (Å²) >= 11 is 3.43. The zero-order chi connectivity index (χ0) is 18.4. The summed E-state index contributed by atoms with van der Waals surface area (Å²) in [6, 6.07) is 10.8. The van der Waals surface area contributed by atoms with E-state index in [4.69, 9.17) is 0 Å². The molecule has 132 valence electrons. The summed E-state index contributed by atoms with van der Waals surface area (Å²) in [5, 5.41) is 5.35. The van der Waals surface area contributed by atoms with Crippen molar-refractivity contribution < 1.29 is 9.59 Å². The molecule has 7 heteroatoms. The maximum Gasteiger partial charge on any atom is 0.274 e. The zero-order valence-electron chi connectivity index (χ0n) is 14.1. The second-order valence-corrected chi connectivity index (χ2v) is 6.40. The van der Waals surface area contributed by atoms with Crippen LogP contribution in [0.5, 0.6) is 0 Å². The highest BCUT2D eigenvalue weighted by Crippen LogP contribution is 2.15. The molecule has 0 saturated heterocycles. The Kier molecular flexibility index (Phi) is 6.52. The van der Waals surface area contributed by atoms with Gasteiger partial charge in [-0.2, -0.15) is 0 Å². The van der Waals surface area contributed by atoms with Gasteiger partial charge in [0.15, 0.2) is 0 Å². The number of benzene rings is 1. The third kappa shape index (κ3) is 5.03. The third-order valence-corrected chi connectivity index (χ3v) is 4.50. The predicted octanol–water partition coefficient (Wildman–Crippen LogP) is 2.58. The van der Waals surface area contributed by atoms with Crippen LogP contribution in [0.4, 0.5) is 5.69 Å². The molecule has 25 heavy (non-hydrogen) atoms. The van der Waals surface area contributed by atoms with Gasteiger partial charge in [-0.1, -0.05) is 41.1 Å². The first-order chi connectivity index (χ1) is 11.9. The van der Waals surface area contributed by atoms with Gasteiger partial charge in [0, 0.05) is 23.1 Å². The number of rotatable bonds is 6. The average molecular weight is 406 g/mol. The number of nitrogens with zero attached hydrogens (tertiary/aromatic N) is 1. The summed E-state index contributed by atoms with van der Waals surface area (Å²) in [6.45, 7) is 3.70. The lowest BCUT2D eigenvalue weighted by molar-refractivity contribution is -0.122. The van der Waals surface area contributed by atoms with E-state index in [9.17, 15) is 14.4 Å². The van der Waals surface area contributed by atoms with Crippen LogP contribution in [0, 0.1) is 6.92 Å². The van der Waals surface area contributed by atoms with Gasteiger partial charge in [-0.25, -0.2) is 0 Å². The molecule has 0 unspecified atom stereocenters. The number of nitrogens with one attached hydrogen (secondary N) is 2. The number of halogens is 1. The van der Waals surface area contributed by atoms with Crippen LogP contribution in [0.25, 0.3) is 0 Å². The quantitative estimate of drug-likeness (QED) is 0.774. The van der Waals surface area contributed by atoms with Crippen LogP contribution in [-0.2, 0) is 22.7 Å². The molecule has 6 nitrogen and oxygen atoms in total. The van der Waals surface area contributed by atoms with E-state index in [1.807, 2.05) is 24.3 Å². The molecular formula is C18H20BrN3O3. The Morgan fingerprint density at radius 3 is 2.52 bits per heavy atom. The van der Waals surface area contributed by atoms with Crippen molar-refractivity contribution in [1.29, 1.82) is 0 Å². The van der Waals surface area contributed by atoms with E-state index in [0.29, 0.717) is 12.2 Å². The highest BCUT2D eigenvalue weighted by Gasteiger charge is 2.12. The Morgan fingerprint density at radius 2 is 1.84 bits per heavy atom. The molecule has 1 heterocycles. The van der Waals surface area contributed by atoms with E-state index in [1.165, 1.54) is 4.57 Å². The number of carbonyl (C=O) groups is 2. The molecule has 0 bridgehead atoms. The molecule has 2 rings (SSSR count). The van der Waals surface area contributed by atoms with Crippen LogP contribution in [0.1, 0.15) is 24.6 Å². The topological polar surface area (TPSA) is 80.2 Å². The molecule has 0 atom stereocenters. The molecule has 0 aliphatic carbocycles. The Labute approximate surface area is 154 Å². The molecule has 0 fully saturated rings. The number of amides is 2. The smallest absolute Gasteiger partial charge is 0.274 e. The number of carbonyl (C=O) groups excluding carboxylic acids is 2. The first kappa shape index (κ1) is 18.9. The molecule has 1 aromatic heterocycles. The second kappa shape index (κ2) is 8.62. The lowest BCUT2D eigenvalue weighted by Crippen LogP contribution is -2.34. The van der Waals surface area contributed by atoms with Gasteiger partial charge >= 0.3 is 0 Å². The number of pyridine rings is 1. The minimum atomic E-state index is -0.391. The van der Waals surface area contributed by atoms with Gasteiger partial charge < -0.3 is 15.2 Å². The summed E-state index contributed by atoms with van der Waals surface area (Å²) in [5.74, 6) is -0.522. The van der Waals surface area contributed by atoms with Crippen LogP contribution < -0.4 is 16.2 Å². The summed E-state index contributed by atoms with van der Waals surface area (Å²) in [4.78, 5) is 36.2. The van der Waals surface area contributed by atoms with Crippen molar-refractivity contribution in [3.8, 4) is 0 Å². The summed E-state index contributed by atoms with van der Waals surface area (Å²) in [7, 11) is 0. The van der Waals surface area contributed by atoms with Gasteiger partial charge in [0.1, 0.15) is 12.2 Å². The van der Waals surface area contributed by atoms with Crippen molar-refractivity contribution in [2.45, 2.75) is 33.4 Å². The lowest BCUT2D eigenvalue weighted by Gasteiger charge is -2.13. The van der Waals surface area contributed by atoms with E-state index in [1.54, 1.807) is 26.0 Å². The van der Waals surface area contributed by atoms with Crippen molar-refractivity contribution in [2.75, 3.05) is 5.32 Å². The molecule has 0 spiro atoms. The molecule has 2 aromatic rings. The Hall–Kier alpha value is -2.41. The Balaban J connectivity index is 2.09. The van der Waals surface area contributed by atoms with Crippen molar-refractivity contribution >= 4 is 33.4 Å². The van der Waals surface area contributed by atoms with E-state index in [0.717, 1.165) is 10.0 Å². The third-order valence-electron chi connectivity index (χ3n) is 3.72. The summed E-state index contributed by atoms with van der Waals surface area (Å²) in [6.07, 6.45) is 0.278. The van der Waals surface area contributed by atoms with E-state index in [2.05, 4.69) is 26.6 Å². The average Bonchev–Trinajstić information content (AvgIpc) is 2.60. The fourth-order valence-electron chi connectivity index (χ4n) is 2.24. The van der Waals surface area contributed by atoms with Crippen LogP contribution in [0.2, 0.25) is 0 Å². The van der Waals surface area contributed by atoms with E-state index >= 15 is 0 Å². The molecular weight excluding hydrogens is 386 g/mol. The van der Waals surface area contributed by atoms with Gasteiger partial charge in [-0.05, 0) is 30.7 Å². The standard InChI is InChI=1S/C18H20BrN3O3/c1-3-16(23)21-15-9-8-12(2)22(18(15)25)11-17(24)20-10-13-6-4-5-7-14(13)19/h4-9H,3,10-11H2,1-2H3,(H,20,24)(H,21,23). The first-order valence-electron chi connectivity index (χ1n) is 7.92. The van der Waals surface area contributed by atoms with E-state index < -0.39 is 5.56 Å². The van der Waals surface area contributed by atoms with Gasteiger partial charge in [0.25, 0.3) is 5.56 Å². The molecule has 0 aliphatic heterocycles. The fraction of sp³-hybridized carbons (Fsp3) is 0.278. The fourth-order valence-corrected chi connectivity index (χ4v) is 2.66. The van der Waals surface area contributed by atoms with Crippen LogP contribution >= 0.6 is 15.9 Å². The van der Waals surface area contributed by atoms with Crippen LogP contribution in [0.15, 0.2) is 45.7 Å². The minimum absolute atomic E-state index is 0.106. The van der Waals surface area contributed by atoms with Crippen molar-refractivity contribution in [2.24, 2.45) is 0 Å². The molecule has 2 amide bonds. The predicted molar refractivity (Wildman–Crippen MR) is 100 cm³/mol. The monoisotopic (exact) mass is 405 g/mol. The van der Waals surface area contributed by atoms with Crippen molar-refractivity contribution in [3.63, 3.8) is 0 Å². The highest BCUT2D eigenvalue weighted by atomic mass is 79.9. The largest absolute Gasteiger partial charge is 0.350 e. The molecule has 0 radical (unpaired) electrons. The van der Waals surface area contributed by atoms with Crippen molar-refractivity contribution in [3.05, 3.63) is 62.5 Å². The second-order valence-electron chi connectivity index (χ2n) is 5.55. The molecule has 2 N–H and O–H groups in total. The number of anilines is 1. The first-order valence-corrected chi connectivity index (χ1v) is 8.72. The van der Waals surface area contributed by atoms with Gasteiger partial charge in [-0.3, -0.25) is 14.4 Å². The molecule has 1 aromatic carbocycles. The maximum atomic E-state index is 12.5. The maximum absolute atomic E-state index is 12.5. The Bertz CT molecular complexity index is 846. The highest BCUT2D eigenvalue weighted by molar-refractivity contribution is 9.10. The van der Waals surface area contributed by atoms with Gasteiger partial charge in [0.05, 0.1) is 0 Å². The minimum Gasteiger partial charge on any atom is -0.350 e. The number of hydrogen-bond acceptors (Lipinski definition) is 3. The van der Waals surface area contributed by atoms with E-state index in [-0.39, 0.29) is 30.5 Å². The van der Waals surface area contributed by atoms with Gasteiger partial charge in [0.2, 0.25) is 11.8 Å². The van der Waals surface area contributed by atoms with Crippen molar-refractivity contribution in [1.82, 2.24) is 9.88 Å². The SMILES string of the molecule is CCC(=O)Nc1ccc(C)n(CC(=O)NCc2ccccc2Br)c1=O. The number of hydrogen-bond donors (Lipinski definition) is 2. The van der Waals surface area contributed by atoms with Crippen LogP contribution in [0.3, 0.4) is 0 Å².